The first-order chi connectivity index (χ1) is 3.31. The molecule has 0 bridgehead atoms. The van der Waals surface area contributed by atoms with E-state index in [0.717, 1.165) is 0 Å². The molecule has 0 saturated carbocycles. The Morgan fingerprint density at radius 2 is 2.43 bits per heavy atom. The van der Waals surface area contributed by atoms with Crippen LogP contribution in [0.25, 0.3) is 0 Å². The van der Waals surface area contributed by atoms with E-state index in [-0.39, 0.29) is 0 Å². The second kappa shape index (κ2) is 4.77. The average Bonchev–Trinajstić information content (AvgIpc) is 1.68. The quantitative estimate of drug-likeness (QED) is 0.697. The van der Waals surface area contributed by atoms with Crippen LogP contribution in [0.1, 0.15) is 0 Å². The molecule has 0 saturated heterocycles. The van der Waals surface area contributed by atoms with E-state index < -0.39 is 14.2 Å². The first-order valence-corrected chi connectivity index (χ1v) is 2.78. The van der Waals surface area contributed by atoms with E-state index in [0.29, 0.717) is 21.5 Å². The number of hydrogen-bond acceptors (Lipinski definition) is 3. The van der Waals surface area contributed by atoms with Crippen LogP contribution in [0.2, 0.25) is 0 Å². The van der Waals surface area contributed by atoms with Gasteiger partial charge in [0, 0.05) is 0 Å². The second-order valence-corrected chi connectivity index (χ2v) is 1.45. The van der Waals surface area contributed by atoms with Gasteiger partial charge in [0.05, 0.1) is 0 Å². The third-order valence-electron chi connectivity index (χ3n) is 0.296. The van der Waals surface area contributed by atoms with Crippen molar-refractivity contribution in [3.8, 4) is 0 Å². The monoisotopic (exact) mass is 274 g/mol. The van der Waals surface area contributed by atoms with Gasteiger partial charge < -0.3 is 0 Å². The molecule has 0 aliphatic carbocycles. The molecule has 0 aromatic rings. The molecule has 0 amide bonds. The van der Waals surface area contributed by atoms with E-state index >= 15 is 0 Å². The zero-order valence-electron chi connectivity index (χ0n) is 3.37. The summed E-state index contributed by atoms with van der Waals surface area (Å²) >= 11 is 0.518. The molecule has 40 valence electrons. The van der Waals surface area contributed by atoms with Crippen molar-refractivity contribution in [2.45, 2.75) is 0 Å². The van der Waals surface area contributed by atoms with Crippen molar-refractivity contribution >= 4 is 7.32 Å². The van der Waals surface area contributed by atoms with Crippen molar-refractivity contribution in [2.24, 2.45) is 0 Å². The Labute approximate surface area is 53.4 Å². The van der Waals surface area contributed by atoms with Crippen molar-refractivity contribution in [2.75, 3.05) is 6.86 Å². The summed E-state index contributed by atoms with van der Waals surface area (Å²) in [6.07, 6.45) is 0. The van der Waals surface area contributed by atoms with Gasteiger partial charge >= 0.3 is 52.9 Å². The molecule has 0 heterocycles. The van der Waals surface area contributed by atoms with Gasteiger partial charge in [0.2, 0.25) is 0 Å². The second-order valence-electron chi connectivity index (χ2n) is 0.688. The Morgan fingerprint density at radius 1 is 1.86 bits per heavy atom. The SMILES string of the molecule is OB([O][Ta])OCF. The van der Waals surface area contributed by atoms with Crippen molar-refractivity contribution in [1.29, 1.82) is 0 Å². The molecule has 0 spiro atoms. The van der Waals surface area contributed by atoms with E-state index in [1.807, 2.05) is 0 Å². The number of rotatable bonds is 3. The molecular weight excluding hydrogens is 271 g/mol. The van der Waals surface area contributed by atoms with Crippen LogP contribution in [0, 0.1) is 0 Å². The zero-order valence-corrected chi connectivity index (χ0v) is 6.59. The van der Waals surface area contributed by atoms with E-state index in [4.69, 9.17) is 5.02 Å². The van der Waals surface area contributed by atoms with Crippen LogP contribution in [-0.4, -0.2) is 19.2 Å². The topological polar surface area (TPSA) is 38.7 Å². The summed E-state index contributed by atoms with van der Waals surface area (Å²) in [4.78, 5) is 0. The predicted octanol–water partition coefficient (Wildman–Crippen LogP) is -0.614. The molecule has 0 rings (SSSR count). The van der Waals surface area contributed by atoms with Crippen LogP contribution in [0.4, 0.5) is 4.39 Å². The molecule has 0 radical (unpaired) electrons. The van der Waals surface area contributed by atoms with Crippen molar-refractivity contribution in [3.05, 3.63) is 0 Å². The summed E-state index contributed by atoms with van der Waals surface area (Å²) in [5.41, 5.74) is 0. The standard InChI is InChI=1S/CH3BFO3.Ta/c3-1-6-2(4)5;/h4H,1H2;/q-1;+1. The van der Waals surface area contributed by atoms with Crippen LogP contribution in [-0.2, 0) is 29.3 Å². The minimum atomic E-state index is -1.38. The van der Waals surface area contributed by atoms with Gasteiger partial charge in [-0.25, -0.2) is 0 Å². The van der Waals surface area contributed by atoms with E-state index in [1.54, 1.807) is 0 Å². The maximum atomic E-state index is 11.0. The molecule has 0 aromatic carbocycles. The van der Waals surface area contributed by atoms with Crippen molar-refractivity contribution in [1.82, 2.24) is 0 Å². The Balaban J connectivity index is 2.83. The Kier molecular flexibility index (Phi) is 5.19. The summed E-state index contributed by atoms with van der Waals surface area (Å²) in [5.74, 6) is 0. The number of halogens is 1. The molecule has 0 atom stereocenters. The molecule has 7 heavy (non-hydrogen) atoms. The van der Waals surface area contributed by atoms with Gasteiger partial charge in [0.25, 0.3) is 0 Å². The van der Waals surface area contributed by atoms with Gasteiger partial charge in [0.15, 0.2) is 0 Å². The Morgan fingerprint density at radius 3 is 2.57 bits per heavy atom. The molecule has 0 aliphatic heterocycles. The summed E-state index contributed by atoms with van der Waals surface area (Å²) in [5, 5.41) is 8.20. The Bertz CT molecular complexity index is 45.9. The van der Waals surface area contributed by atoms with Gasteiger partial charge in [-0.05, 0) is 0 Å². The van der Waals surface area contributed by atoms with E-state index in [1.165, 1.54) is 0 Å². The fraction of sp³-hybridized carbons (Fsp3) is 1.00. The molecule has 3 nitrogen and oxygen atoms in total. The van der Waals surface area contributed by atoms with E-state index in [2.05, 4.69) is 7.82 Å². The summed E-state index contributed by atoms with van der Waals surface area (Å²) < 4.78 is 19.1. The fourth-order valence-corrected chi connectivity index (χ4v) is 0.303. The van der Waals surface area contributed by atoms with Crippen LogP contribution in [0.5, 0.6) is 0 Å². The van der Waals surface area contributed by atoms with Gasteiger partial charge in [-0.15, -0.1) is 0 Å². The van der Waals surface area contributed by atoms with E-state index in [9.17, 15) is 4.39 Å². The fourth-order valence-electron chi connectivity index (χ4n) is 0.0843. The summed E-state index contributed by atoms with van der Waals surface area (Å²) in [6.45, 7) is -1.01. The number of alkyl halides is 1. The third-order valence-corrected chi connectivity index (χ3v) is 0.944. The molecule has 1 N–H and O–H groups in total. The van der Waals surface area contributed by atoms with Crippen molar-refractivity contribution < 1.29 is 38.7 Å². The van der Waals surface area contributed by atoms with Crippen LogP contribution in [0.3, 0.4) is 0 Å². The van der Waals surface area contributed by atoms with Gasteiger partial charge in [0.1, 0.15) is 0 Å². The zero-order chi connectivity index (χ0) is 5.70. The molecule has 0 fully saturated rings. The first kappa shape index (κ1) is 7.62. The molecule has 0 aromatic heterocycles. The van der Waals surface area contributed by atoms with Crippen LogP contribution < -0.4 is 0 Å². The summed E-state index contributed by atoms with van der Waals surface area (Å²) in [6, 6.07) is 0. The minimum absolute atomic E-state index is 0.518. The van der Waals surface area contributed by atoms with Crippen LogP contribution >= 0.6 is 0 Å². The molecule has 6 heteroatoms. The van der Waals surface area contributed by atoms with Gasteiger partial charge in [-0.2, -0.15) is 0 Å². The number of hydrogen-bond donors (Lipinski definition) is 1. The Hall–Kier alpha value is 0.615. The normalized spacial score (nSPS) is 8.86. The van der Waals surface area contributed by atoms with Gasteiger partial charge in [-0.1, -0.05) is 0 Å². The van der Waals surface area contributed by atoms with Gasteiger partial charge in [-0.3, -0.25) is 0 Å². The third kappa shape index (κ3) is 4.47. The maximum absolute atomic E-state index is 11.0. The average molecular weight is 274 g/mol. The summed E-state index contributed by atoms with van der Waals surface area (Å²) in [7, 11) is -1.38. The predicted molar refractivity (Wildman–Crippen MR) is 16.1 cm³/mol. The first-order valence-electron chi connectivity index (χ1n) is 1.47. The molecule has 0 unspecified atom stereocenters. The molecule has 0 aliphatic rings. The van der Waals surface area contributed by atoms with Crippen molar-refractivity contribution in [3.63, 3.8) is 0 Å². The molecular formula is CH3BFO3Ta. The van der Waals surface area contributed by atoms with Crippen LogP contribution in [0.15, 0.2) is 0 Å².